The van der Waals surface area contributed by atoms with Crippen molar-refractivity contribution >= 4 is 29.2 Å². The number of aliphatic carboxylic acids is 1. The largest absolute Gasteiger partial charge is 0.512 e. The quantitative estimate of drug-likeness (QED) is 0.723. The summed E-state index contributed by atoms with van der Waals surface area (Å²) in [5.41, 5.74) is 0. The van der Waals surface area contributed by atoms with Crippen LogP contribution in [0.1, 0.15) is 6.42 Å². The monoisotopic (exact) mass is 277 g/mol. The zero-order valence-corrected chi connectivity index (χ0v) is 10.5. The van der Waals surface area contributed by atoms with Gasteiger partial charge < -0.3 is 15.5 Å². The van der Waals surface area contributed by atoms with Crippen LogP contribution in [-0.2, 0) is 4.79 Å². The van der Waals surface area contributed by atoms with Crippen molar-refractivity contribution in [3.8, 4) is 0 Å². The first kappa shape index (κ1) is 12.7. The number of carbonyl (C=O) groups is 1. The maximum atomic E-state index is 11.1. The highest BCUT2D eigenvalue weighted by Crippen LogP contribution is 2.40. The molecule has 0 amide bonds. The fourth-order valence-electron chi connectivity index (χ4n) is 2.47. The molecule has 17 heavy (non-hydrogen) atoms. The molecule has 0 bridgehead atoms. The standard InChI is InChI=1S/C11H13Cl2NO3/c12-8-1-5(10(15)2-9(8)13)6-3-14-4-7(6)11(16)17/h2,5-7,14-15H,1,3-4H2,(H,16,17)/t5?,6-,7-/m0/s1. The summed E-state index contributed by atoms with van der Waals surface area (Å²) in [5.74, 6) is -1.62. The number of aliphatic hydroxyl groups excluding tert-OH is 1. The van der Waals surface area contributed by atoms with Crippen LogP contribution in [-0.4, -0.2) is 29.3 Å². The molecule has 6 heteroatoms. The lowest BCUT2D eigenvalue weighted by atomic mass is 9.79. The van der Waals surface area contributed by atoms with Crippen LogP contribution in [0.5, 0.6) is 0 Å². The fourth-order valence-corrected chi connectivity index (χ4v) is 2.88. The number of halogens is 2. The van der Waals surface area contributed by atoms with E-state index >= 15 is 0 Å². The van der Waals surface area contributed by atoms with E-state index in [0.717, 1.165) is 0 Å². The van der Waals surface area contributed by atoms with Crippen molar-refractivity contribution in [2.45, 2.75) is 6.42 Å². The van der Waals surface area contributed by atoms with Gasteiger partial charge in [-0.2, -0.15) is 0 Å². The topological polar surface area (TPSA) is 69.6 Å². The van der Waals surface area contributed by atoms with Gasteiger partial charge in [0, 0.05) is 17.5 Å². The van der Waals surface area contributed by atoms with Crippen LogP contribution in [0.3, 0.4) is 0 Å². The van der Waals surface area contributed by atoms with E-state index in [1.54, 1.807) is 0 Å². The second-order valence-corrected chi connectivity index (χ2v) is 5.26. The molecule has 1 aliphatic heterocycles. The van der Waals surface area contributed by atoms with Gasteiger partial charge in [-0.1, -0.05) is 23.2 Å². The number of carboxylic acids is 1. The van der Waals surface area contributed by atoms with Gasteiger partial charge in [0.25, 0.3) is 0 Å². The van der Waals surface area contributed by atoms with Gasteiger partial charge in [-0.3, -0.25) is 4.79 Å². The summed E-state index contributed by atoms with van der Waals surface area (Å²) in [6, 6.07) is 0. The Morgan fingerprint density at radius 2 is 2.12 bits per heavy atom. The van der Waals surface area contributed by atoms with E-state index in [4.69, 9.17) is 28.3 Å². The minimum Gasteiger partial charge on any atom is -0.512 e. The summed E-state index contributed by atoms with van der Waals surface area (Å²) in [5, 5.41) is 22.8. The van der Waals surface area contributed by atoms with Crippen LogP contribution in [0.15, 0.2) is 21.9 Å². The highest BCUT2D eigenvalue weighted by molar-refractivity contribution is 6.40. The summed E-state index contributed by atoms with van der Waals surface area (Å²) in [4.78, 5) is 11.1. The molecule has 2 aliphatic rings. The van der Waals surface area contributed by atoms with Gasteiger partial charge in [0.15, 0.2) is 0 Å². The maximum Gasteiger partial charge on any atom is 0.308 e. The third kappa shape index (κ3) is 2.44. The summed E-state index contributed by atoms with van der Waals surface area (Å²) >= 11 is 11.8. The van der Waals surface area contributed by atoms with Crippen LogP contribution in [0.2, 0.25) is 0 Å². The molecule has 3 N–H and O–H groups in total. The average Bonchev–Trinajstić information content (AvgIpc) is 2.72. The van der Waals surface area contributed by atoms with Gasteiger partial charge in [-0.05, 0) is 25.0 Å². The summed E-state index contributed by atoms with van der Waals surface area (Å²) in [6.07, 6.45) is 1.81. The summed E-state index contributed by atoms with van der Waals surface area (Å²) in [7, 11) is 0. The van der Waals surface area contributed by atoms with Gasteiger partial charge in [-0.25, -0.2) is 0 Å². The Morgan fingerprint density at radius 1 is 1.41 bits per heavy atom. The van der Waals surface area contributed by atoms with Gasteiger partial charge in [0.1, 0.15) is 0 Å². The van der Waals surface area contributed by atoms with Crippen molar-refractivity contribution in [3.05, 3.63) is 21.9 Å². The lowest BCUT2D eigenvalue weighted by Crippen LogP contribution is -2.30. The zero-order chi connectivity index (χ0) is 12.6. The Kier molecular flexibility index (Phi) is 3.66. The van der Waals surface area contributed by atoms with Crippen LogP contribution < -0.4 is 5.32 Å². The van der Waals surface area contributed by atoms with E-state index < -0.39 is 11.9 Å². The molecule has 0 aromatic rings. The van der Waals surface area contributed by atoms with E-state index in [1.807, 2.05) is 0 Å². The van der Waals surface area contributed by atoms with Gasteiger partial charge in [0.05, 0.1) is 16.7 Å². The number of nitrogens with one attached hydrogen (secondary N) is 1. The molecule has 0 spiro atoms. The highest BCUT2D eigenvalue weighted by atomic mass is 35.5. The van der Waals surface area contributed by atoms with E-state index in [0.29, 0.717) is 29.6 Å². The van der Waals surface area contributed by atoms with Crippen molar-refractivity contribution in [3.63, 3.8) is 0 Å². The lowest BCUT2D eigenvalue weighted by Gasteiger charge is -2.28. The maximum absolute atomic E-state index is 11.1. The minimum atomic E-state index is -0.843. The highest BCUT2D eigenvalue weighted by Gasteiger charge is 2.41. The first-order valence-corrected chi connectivity index (χ1v) is 6.14. The van der Waals surface area contributed by atoms with Crippen LogP contribution in [0.4, 0.5) is 0 Å². The van der Waals surface area contributed by atoms with E-state index in [-0.39, 0.29) is 17.6 Å². The molecule has 0 aromatic carbocycles. The van der Waals surface area contributed by atoms with Gasteiger partial charge in [0.2, 0.25) is 0 Å². The third-order valence-electron chi connectivity index (χ3n) is 3.41. The Bertz CT molecular complexity index is 406. The molecule has 0 radical (unpaired) electrons. The summed E-state index contributed by atoms with van der Waals surface area (Å²) in [6.45, 7) is 1.00. The third-order valence-corrected chi connectivity index (χ3v) is 4.20. The predicted molar refractivity (Wildman–Crippen MR) is 65.0 cm³/mol. The molecule has 1 saturated heterocycles. The van der Waals surface area contributed by atoms with Crippen molar-refractivity contribution in [1.29, 1.82) is 0 Å². The second kappa shape index (κ2) is 4.88. The predicted octanol–water partition coefficient (Wildman–Crippen LogP) is 2.06. The SMILES string of the molecule is O=C(O)[C@H]1CNC[C@H]1C1CC(Cl)=C(Cl)C=C1O. The van der Waals surface area contributed by atoms with Gasteiger partial charge >= 0.3 is 5.97 Å². The number of allylic oxidation sites excluding steroid dienone is 4. The Labute approximate surface area is 109 Å². The first-order chi connectivity index (χ1) is 8.00. The molecule has 4 nitrogen and oxygen atoms in total. The minimum absolute atomic E-state index is 0.124. The number of hydrogen-bond acceptors (Lipinski definition) is 3. The normalized spacial score (nSPS) is 33.8. The average molecular weight is 278 g/mol. The zero-order valence-electron chi connectivity index (χ0n) is 8.99. The van der Waals surface area contributed by atoms with E-state index in [1.165, 1.54) is 6.08 Å². The smallest absolute Gasteiger partial charge is 0.308 e. The lowest BCUT2D eigenvalue weighted by molar-refractivity contribution is -0.142. The van der Waals surface area contributed by atoms with Crippen molar-refractivity contribution in [1.82, 2.24) is 5.32 Å². The molecule has 1 aliphatic carbocycles. The van der Waals surface area contributed by atoms with Crippen molar-refractivity contribution in [2.75, 3.05) is 13.1 Å². The molecular weight excluding hydrogens is 265 g/mol. The molecule has 1 fully saturated rings. The molecule has 94 valence electrons. The van der Waals surface area contributed by atoms with Crippen LogP contribution in [0.25, 0.3) is 0 Å². The molecule has 1 heterocycles. The Morgan fingerprint density at radius 3 is 2.76 bits per heavy atom. The molecule has 1 unspecified atom stereocenters. The van der Waals surface area contributed by atoms with Gasteiger partial charge in [-0.15, -0.1) is 0 Å². The van der Waals surface area contributed by atoms with E-state index in [9.17, 15) is 9.90 Å². The number of aliphatic hydroxyl groups is 1. The fraction of sp³-hybridized carbons (Fsp3) is 0.545. The Balaban J connectivity index is 2.19. The Hall–Kier alpha value is -0.710. The van der Waals surface area contributed by atoms with Crippen LogP contribution in [0, 0.1) is 17.8 Å². The number of carboxylic acid groups (broad SMARTS) is 1. The molecule has 0 aromatic heterocycles. The first-order valence-electron chi connectivity index (χ1n) is 5.39. The molecule has 0 saturated carbocycles. The number of hydrogen-bond donors (Lipinski definition) is 3. The van der Waals surface area contributed by atoms with E-state index in [2.05, 4.69) is 5.32 Å². The molecule has 3 atom stereocenters. The van der Waals surface area contributed by atoms with Crippen molar-refractivity contribution < 1.29 is 15.0 Å². The second-order valence-electron chi connectivity index (χ2n) is 4.40. The molecular formula is C11H13Cl2NO3. The van der Waals surface area contributed by atoms with Crippen LogP contribution >= 0.6 is 23.2 Å². The summed E-state index contributed by atoms with van der Waals surface area (Å²) < 4.78 is 0. The number of rotatable bonds is 2. The molecule has 2 rings (SSSR count). The van der Waals surface area contributed by atoms with Crippen molar-refractivity contribution in [2.24, 2.45) is 17.8 Å².